The number of carbonyl (C=O) groups is 3. The van der Waals surface area contributed by atoms with Gasteiger partial charge in [0.05, 0.1) is 17.3 Å². The van der Waals surface area contributed by atoms with Gasteiger partial charge in [0, 0.05) is 49.2 Å². The number of amides is 3. The molecule has 0 radical (unpaired) electrons. The number of rotatable bonds is 6. The summed E-state index contributed by atoms with van der Waals surface area (Å²) < 4.78 is 31.3. The molecule has 3 rings (SSSR count). The van der Waals surface area contributed by atoms with E-state index in [1.54, 1.807) is 22.8 Å². The second-order valence-electron chi connectivity index (χ2n) is 7.93. The summed E-state index contributed by atoms with van der Waals surface area (Å²) in [5.74, 6) is -0.813. The van der Waals surface area contributed by atoms with Gasteiger partial charge < -0.3 is 19.9 Å². The normalized spacial score (nSPS) is 16.6. The van der Waals surface area contributed by atoms with Crippen molar-refractivity contribution >= 4 is 49.4 Å². The van der Waals surface area contributed by atoms with E-state index in [9.17, 15) is 22.8 Å². The number of piperidine rings is 1. The lowest BCUT2D eigenvalue weighted by Crippen LogP contribution is -2.46. The van der Waals surface area contributed by atoms with Crippen LogP contribution in [0.2, 0.25) is 0 Å². The van der Waals surface area contributed by atoms with E-state index in [0.717, 1.165) is 5.56 Å². The number of benzene rings is 1. The van der Waals surface area contributed by atoms with Gasteiger partial charge in [-0.15, -0.1) is 0 Å². The Morgan fingerprint density at radius 2 is 1.88 bits per heavy atom. The molecule has 0 aliphatic carbocycles. The fourth-order valence-electron chi connectivity index (χ4n) is 4.01. The number of ether oxygens (including phenoxy) is 1. The van der Waals surface area contributed by atoms with Crippen molar-refractivity contribution < 1.29 is 27.5 Å². The third-order valence-electron chi connectivity index (χ3n) is 5.73. The summed E-state index contributed by atoms with van der Waals surface area (Å²) in [6.45, 7) is 5.01. The van der Waals surface area contributed by atoms with Crippen molar-refractivity contribution in [2.75, 3.05) is 36.9 Å². The first kappa shape index (κ1) is 24.5. The zero-order valence-electron chi connectivity index (χ0n) is 18.2. The Hall–Kier alpha value is -2.14. The zero-order valence-corrected chi connectivity index (χ0v) is 20.6. The topological polar surface area (TPSA) is 113 Å². The largest absolute Gasteiger partial charge is 0.450 e. The van der Waals surface area contributed by atoms with Gasteiger partial charge >= 0.3 is 6.09 Å². The van der Waals surface area contributed by atoms with Gasteiger partial charge in [0.15, 0.2) is 9.84 Å². The van der Waals surface area contributed by atoms with E-state index in [2.05, 4.69) is 21.2 Å². The Kier molecular flexibility index (Phi) is 7.81. The number of fused-ring (bicyclic) bond motifs is 1. The van der Waals surface area contributed by atoms with E-state index in [1.807, 2.05) is 0 Å². The molecule has 1 fully saturated rings. The lowest BCUT2D eigenvalue weighted by atomic mass is 10.1. The molecule has 1 aromatic rings. The molecule has 9 nitrogen and oxygen atoms in total. The lowest BCUT2D eigenvalue weighted by Gasteiger charge is -2.31. The third-order valence-corrected chi connectivity index (χ3v) is 8.40. The van der Waals surface area contributed by atoms with Gasteiger partial charge in [-0.2, -0.15) is 0 Å². The minimum Gasteiger partial charge on any atom is -0.450 e. The average molecular weight is 530 g/mol. The van der Waals surface area contributed by atoms with E-state index in [-0.39, 0.29) is 41.0 Å². The molecule has 1 N–H and O–H groups in total. The van der Waals surface area contributed by atoms with E-state index in [0.29, 0.717) is 55.7 Å². The second kappa shape index (κ2) is 10.2. The standard InChI is InChI=1S/C21H28BrN3O6S/c1-3-31-21(28)24-8-5-16(6-9-24)23-20(27)7-11-32(29,30)19-13-18-15(12-17(19)22)4-10-25(18)14(2)26/h12-13,16H,3-11H2,1-2H3,(H,23,27). The Morgan fingerprint density at radius 1 is 1.19 bits per heavy atom. The number of sulfone groups is 1. The summed E-state index contributed by atoms with van der Waals surface area (Å²) in [6.07, 6.45) is 1.33. The molecule has 0 saturated carbocycles. The average Bonchev–Trinajstić information content (AvgIpc) is 3.15. The number of hydrogen-bond donors (Lipinski definition) is 1. The lowest BCUT2D eigenvalue weighted by molar-refractivity contribution is -0.121. The van der Waals surface area contributed by atoms with Crippen molar-refractivity contribution in [3.05, 3.63) is 22.2 Å². The van der Waals surface area contributed by atoms with E-state index < -0.39 is 9.84 Å². The van der Waals surface area contributed by atoms with E-state index >= 15 is 0 Å². The van der Waals surface area contributed by atoms with Crippen LogP contribution < -0.4 is 10.2 Å². The van der Waals surface area contributed by atoms with Crippen LogP contribution in [0.3, 0.4) is 0 Å². The summed E-state index contributed by atoms with van der Waals surface area (Å²) in [5, 5.41) is 2.87. The first-order valence-corrected chi connectivity index (χ1v) is 13.1. The van der Waals surface area contributed by atoms with Crippen LogP contribution in [-0.2, 0) is 30.6 Å². The van der Waals surface area contributed by atoms with Gasteiger partial charge in [0.1, 0.15) is 0 Å². The molecule has 0 spiro atoms. The molecule has 0 atom stereocenters. The Labute approximate surface area is 196 Å². The van der Waals surface area contributed by atoms with Crippen LogP contribution in [-0.4, -0.2) is 69.3 Å². The molecule has 3 amide bonds. The quantitative estimate of drug-likeness (QED) is 0.604. The summed E-state index contributed by atoms with van der Waals surface area (Å²) in [6, 6.07) is 3.15. The van der Waals surface area contributed by atoms with Crippen molar-refractivity contribution in [2.24, 2.45) is 0 Å². The number of likely N-dealkylation sites (tertiary alicyclic amines) is 1. The van der Waals surface area contributed by atoms with Crippen LogP contribution in [0.15, 0.2) is 21.5 Å². The molecule has 176 valence electrons. The minimum absolute atomic E-state index is 0.0833. The summed E-state index contributed by atoms with van der Waals surface area (Å²) in [7, 11) is -3.74. The van der Waals surface area contributed by atoms with Crippen molar-refractivity contribution in [1.29, 1.82) is 0 Å². The number of hydrogen-bond acceptors (Lipinski definition) is 6. The SMILES string of the molecule is CCOC(=O)N1CCC(NC(=O)CCS(=O)(=O)c2cc3c(cc2Br)CCN3C(C)=O)CC1. The number of carbonyl (C=O) groups excluding carboxylic acids is 3. The predicted octanol–water partition coefficient (Wildman–Crippen LogP) is 2.26. The highest BCUT2D eigenvalue weighted by Gasteiger charge is 2.29. The highest BCUT2D eigenvalue weighted by atomic mass is 79.9. The maximum absolute atomic E-state index is 12.9. The van der Waals surface area contributed by atoms with Crippen molar-refractivity contribution in [2.45, 2.75) is 50.5 Å². The molecule has 0 aromatic heterocycles. The summed E-state index contributed by atoms with van der Waals surface area (Å²) in [5.41, 5.74) is 1.52. The molecular formula is C21H28BrN3O6S. The van der Waals surface area contributed by atoms with E-state index in [4.69, 9.17) is 4.74 Å². The Bertz CT molecular complexity index is 1010. The summed E-state index contributed by atoms with van der Waals surface area (Å²) >= 11 is 3.33. The molecule has 32 heavy (non-hydrogen) atoms. The maximum Gasteiger partial charge on any atom is 0.409 e. The predicted molar refractivity (Wildman–Crippen MR) is 122 cm³/mol. The zero-order chi connectivity index (χ0) is 23.5. The van der Waals surface area contributed by atoms with Crippen LogP contribution in [0.25, 0.3) is 0 Å². The van der Waals surface area contributed by atoms with Crippen molar-refractivity contribution in [1.82, 2.24) is 10.2 Å². The van der Waals surface area contributed by atoms with Crippen LogP contribution in [0.4, 0.5) is 10.5 Å². The fourth-order valence-corrected chi connectivity index (χ4v) is 6.46. The van der Waals surface area contributed by atoms with Crippen LogP contribution in [0, 0.1) is 0 Å². The highest BCUT2D eigenvalue weighted by Crippen LogP contribution is 2.36. The first-order chi connectivity index (χ1) is 15.1. The van der Waals surface area contributed by atoms with Crippen molar-refractivity contribution in [3.8, 4) is 0 Å². The van der Waals surface area contributed by atoms with Gasteiger partial charge in [-0.05, 0) is 59.8 Å². The molecule has 1 saturated heterocycles. The second-order valence-corrected chi connectivity index (χ2v) is 10.9. The van der Waals surface area contributed by atoms with Gasteiger partial charge in [-0.3, -0.25) is 9.59 Å². The number of nitrogens with zero attached hydrogens (tertiary/aromatic N) is 2. The number of anilines is 1. The molecule has 2 aliphatic rings. The molecular weight excluding hydrogens is 502 g/mol. The van der Waals surface area contributed by atoms with Gasteiger partial charge in [-0.25, -0.2) is 13.2 Å². The van der Waals surface area contributed by atoms with Gasteiger partial charge in [0.2, 0.25) is 11.8 Å². The molecule has 0 bridgehead atoms. The highest BCUT2D eigenvalue weighted by molar-refractivity contribution is 9.10. The first-order valence-electron chi connectivity index (χ1n) is 10.7. The van der Waals surface area contributed by atoms with Crippen LogP contribution >= 0.6 is 15.9 Å². The van der Waals surface area contributed by atoms with Gasteiger partial charge in [0.25, 0.3) is 0 Å². The Morgan fingerprint density at radius 3 is 2.50 bits per heavy atom. The third kappa shape index (κ3) is 5.61. The molecule has 1 aromatic carbocycles. The van der Waals surface area contributed by atoms with Crippen LogP contribution in [0.1, 0.15) is 38.7 Å². The monoisotopic (exact) mass is 529 g/mol. The Balaban J connectivity index is 1.57. The molecule has 2 aliphatic heterocycles. The fraction of sp³-hybridized carbons (Fsp3) is 0.571. The van der Waals surface area contributed by atoms with Gasteiger partial charge in [-0.1, -0.05) is 0 Å². The van der Waals surface area contributed by atoms with Crippen LogP contribution in [0.5, 0.6) is 0 Å². The number of halogens is 1. The smallest absolute Gasteiger partial charge is 0.409 e. The number of nitrogens with one attached hydrogen (secondary N) is 1. The molecule has 11 heteroatoms. The molecule has 0 unspecified atom stereocenters. The minimum atomic E-state index is -3.74. The summed E-state index contributed by atoms with van der Waals surface area (Å²) in [4.78, 5) is 39.2. The van der Waals surface area contributed by atoms with E-state index in [1.165, 1.54) is 13.0 Å². The maximum atomic E-state index is 12.9. The van der Waals surface area contributed by atoms with Crippen molar-refractivity contribution in [3.63, 3.8) is 0 Å². The molecule has 2 heterocycles.